The van der Waals surface area contributed by atoms with Crippen LogP contribution in [0.25, 0.3) is 0 Å². The standard InChI is InChI=1S/C8H10N2O2/c1-10-2-3-12-7-4-6(11)5-9-8(7)10/h4-5,11H,2-3H2,1H3. The van der Waals surface area contributed by atoms with E-state index in [9.17, 15) is 0 Å². The second-order valence-electron chi connectivity index (χ2n) is 2.79. The SMILES string of the molecule is CN1CCOc2cc(O)cnc21. The molecule has 2 heterocycles. The molecule has 1 aromatic heterocycles. The molecular formula is C8H10N2O2. The van der Waals surface area contributed by atoms with Crippen molar-refractivity contribution in [3.05, 3.63) is 12.3 Å². The molecule has 0 spiro atoms. The molecule has 0 bridgehead atoms. The van der Waals surface area contributed by atoms with Crippen LogP contribution in [0, 0.1) is 0 Å². The van der Waals surface area contributed by atoms with Crippen molar-refractivity contribution >= 4 is 5.82 Å². The zero-order valence-corrected chi connectivity index (χ0v) is 6.82. The molecule has 2 rings (SSSR count). The minimum absolute atomic E-state index is 0.143. The fourth-order valence-corrected chi connectivity index (χ4v) is 1.22. The smallest absolute Gasteiger partial charge is 0.171 e. The highest BCUT2D eigenvalue weighted by Crippen LogP contribution is 2.30. The van der Waals surface area contributed by atoms with E-state index in [2.05, 4.69) is 4.98 Å². The first-order valence-corrected chi connectivity index (χ1v) is 3.80. The van der Waals surface area contributed by atoms with Crippen LogP contribution in [0.5, 0.6) is 11.5 Å². The Bertz CT molecular complexity index is 301. The Hall–Kier alpha value is -1.45. The highest BCUT2D eigenvalue weighted by atomic mass is 16.5. The normalized spacial score (nSPS) is 15.2. The number of nitrogens with zero attached hydrogens (tertiary/aromatic N) is 2. The van der Waals surface area contributed by atoms with Crippen molar-refractivity contribution in [2.24, 2.45) is 0 Å². The number of hydrogen-bond donors (Lipinski definition) is 1. The lowest BCUT2D eigenvalue weighted by atomic mass is 10.3. The van der Waals surface area contributed by atoms with Gasteiger partial charge in [-0.15, -0.1) is 0 Å². The van der Waals surface area contributed by atoms with Gasteiger partial charge in [0.25, 0.3) is 0 Å². The van der Waals surface area contributed by atoms with Crippen LogP contribution < -0.4 is 9.64 Å². The van der Waals surface area contributed by atoms with Crippen LogP contribution in [0.15, 0.2) is 12.3 Å². The van der Waals surface area contributed by atoms with Gasteiger partial charge >= 0.3 is 0 Å². The van der Waals surface area contributed by atoms with Crippen molar-refractivity contribution in [1.29, 1.82) is 0 Å². The molecule has 1 aromatic rings. The summed E-state index contributed by atoms with van der Waals surface area (Å²) >= 11 is 0. The molecule has 0 aliphatic carbocycles. The van der Waals surface area contributed by atoms with Gasteiger partial charge in [0, 0.05) is 13.1 Å². The number of aromatic nitrogens is 1. The van der Waals surface area contributed by atoms with Gasteiger partial charge in [-0.25, -0.2) is 4.98 Å². The van der Waals surface area contributed by atoms with Crippen LogP contribution >= 0.6 is 0 Å². The number of fused-ring (bicyclic) bond motifs is 1. The third-order valence-corrected chi connectivity index (χ3v) is 1.86. The van der Waals surface area contributed by atoms with Crippen LogP contribution in [-0.4, -0.2) is 30.3 Å². The number of pyridine rings is 1. The lowest BCUT2D eigenvalue weighted by Gasteiger charge is -2.25. The Morgan fingerprint density at radius 2 is 2.50 bits per heavy atom. The van der Waals surface area contributed by atoms with E-state index in [1.54, 1.807) is 6.07 Å². The molecule has 1 N–H and O–H groups in total. The zero-order valence-electron chi connectivity index (χ0n) is 6.82. The average Bonchev–Trinajstić information content (AvgIpc) is 2.04. The van der Waals surface area contributed by atoms with E-state index in [-0.39, 0.29) is 5.75 Å². The van der Waals surface area contributed by atoms with Gasteiger partial charge in [0.2, 0.25) is 0 Å². The first-order valence-electron chi connectivity index (χ1n) is 3.80. The molecule has 0 radical (unpaired) electrons. The largest absolute Gasteiger partial charge is 0.506 e. The van der Waals surface area contributed by atoms with E-state index in [0.717, 1.165) is 12.4 Å². The second-order valence-corrected chi connectivity index (χ2v) is 2.79. The summed E-state index contributed by atoms with van der Waals surface area (Å²) in [7, 11) is 1.95. The summed E-state index contributed by atoms with van der Waals surface area (Å²) in [5.74, 6) is 1.59. The minimum atomic E-state index is 0.143. The van der Waals surface area contributed by atoms with Gasteiger partial charge < -0.3 is 14.7 Å². The van der Waals surface area contributed by atoms with Crippen LogP contribution in [0.3, 0.4) is 0 Å². The van der Waals surface area contributed by atoms with Crippen LogP contribution in [0.1, 0.15) is 0 Å². The molecule has 4 nitrogen and oxygen atoms in total. The average molecular weight is 166 g/mol. The van der Waals surface area contributed by atoms with Gasteiger partial charge in [-0.1, -0.05) is 0 Å². The molecule has 1 aliphatic heterocycles. The molecule has 12 heavy (non-hydrogen) atoms. The topological polar surface area (TPSA) is 45.6 Å². The Balaban J connectivity index is 2.46. The summed E-state index contributed by atoms with van der Waals surface area (Å²) < 4.78 is 5.31. The highest BCUT2D eigenvalue weighted by molar-refractivity contribution is 5.55. The molecule has 0 unspecified atom stereocenters. The van der Waals surface area contributed by atoms with Crippen molar-refractivity contribution < 1.29 is 9.84 Å². The summed E-state index contributed by atoms with van der Waals surface area (Å²) in [6.45, 7) is 1.49. The van der Waals surface area contributed by atoms with Crippen molar-refractivity contribution in [3.63, 3.8) is 0 Å². The van der Waals surface area contributed by atoms with Crippen LogP contribution in [0.4, 0.5) is 5.82 Å². The Labute approximate surface area is 70.4 Å². The van der Waals surface area contributed by atoms with Crippen molar-refractivity contribution in [2.75, 3.05) is 25.1 Å². The molecule has 1 aliphatic rings. The third-order valence-electron chi connectivity index (χ3n) is 1.86. The Kier molecular flexibility index (Phi) is 1.53. The molecule has 0 saturated carbocycles. The number of aromatic hydroxyl groups is 1. The summed E-state index contributed by atoms with van der Waals surface area (Å²) in [6, 6.07) is 1.58. The number of rotatable bonds is 0. The Morgan fingerprint density at radius 1 is 1.67 bits per heavy atom. The zero-order chi connectivity index (χ0) is 8.55. The molecule has 0 fully saturated rings. The second kappa shape index (κ2) is 2.55. The summed E-state index contributed by atoms with van der Waals surface area (Å²) in [6.07, 6.45) is 1.42. The van der Waals surface area contributed by atoms with E-state index < -0.39 is 0 Å². The number of hydrogen-bond acceptors (Lipinski definition) is 4. The van der Waals surface area contributed by atoms with Gasteiger partial charge in [-0.2, -0.15) is 0 Å². The maximum absolute atomic E-state index is 9.11. The van der Waals surface area contributed by atoms with E-state index in [4.69, 9.17) is 9.84 Å². The van der Waals surface area contributed by atoms with Gasteiger partial charge in [0.05, 0.1) is 12.7 Å². The quantitative estimate of drug-likeness (QED) is 0.613. The lowest BCUT2D eigenvalue weighted by Crippen LogP contribution is -2.29. The van der Waals surface area contributed by atoms with Gasteiger partial charge in [-0.3, -0.25) is 0 Å². The first kappa shape index (κ1) is 7.21. The summed E-state index contributed by atoms with van der Waals surface area (Å²) in [4.78, 5) is 6.05. The van der Waals surface area contributed by atoms with E-state index in [1.807, 2.05) is 11.9 Å². The third kappa shape index (κ3) is 1.05. The summed E-state index contributed by atoms with van der Waals surface area (Å²) in [5, 5.41) is 9.11. The Morgan fingerprint density at radius 3 is 3.33 bits per heavy atom. The maximum Gasteiger partial charge on any atom is 0.171 e. The first-order chi connectivity index (χ1) is 5.77. The molecule has 0 amide bonds. The van der Waals surface area contributed by atoms with Crippen molar-refractivity contribution in [3.8, 4) is 11.5 Å². The predicted octanol–water partition coefficient (Wildman–Crippen LogP) is 0.616. The van der Waals surface area contributed by atoms with Gasteiger partial charge in [-0.05, 0) is 0 Å². The lowest BCUT2D eigenvalue weighted by molar-refractivity contribution is 0.306. The van der Waals surface area contributed by atoms with Crippen LogP contribution in [-0.2, 0) is 0 Å². The fourth-order valence-electron chi connectivity index (χ4n) is 1.22. The number of likely N-dealkylation sites (N-methyl/N-ethyl adjacent to an activating group) is 1. The van der Waals surface area contributed by atoms with E-state index in [0.29, 0.717) is 12.4 Å². The predicted molar refractivity (Wildman–Crippen MR) is 44.7 cm³/mol. The van der Waals surface area contributed by atoms with Gasteiger partial charge in [0.15, 0.2) is 11.6 Å². The molecule has 0 saturated heterocycles. The maximum atomic E-state index is 9.11. The summed E-state index contributed by atoms with van der Waals surface area (Å²) in [5.41, 5.74) is 0. The van der Waals surface area contributed by atoms with E-state index >= 15 is 0 Å². The van der Waals surface area contributed by atoms with Gasteiger partial charge in [0.1, 0.15) is 12.4 Å². The molecule has 0 aromatic carbocycles. The molecule has 4 heteroatoms. The van der Waals surface area contributed by atoms with Crippen molar-refractivity contribution in [2.45, 2.75) is 0 Å². The molecule has 0 atom stereocenters. The van der Waals surface area contributed by atoms with Crippen molar-refractivity contribution in [1.82, 2.24) is 4.98 Å². The monoisotopic (exact) mass is 166 g/mol. The molecular weight excluding hydrogens is 156 g/mol. The number of ether oxygens (including phenoxy) is 1. The van der Waals surface area contributed by atoms with Crippen LogP contribution in [0.2, 0.25) is 0 Å². The number of anilines is 1. The molecule has 64 valence electrons. The highest BCUT2D eigenvalue weighted by Gasteiger charge is 2.15. The van der Waals surface area contributed by atoms with E-state index in [1.165, 1.54) is 6.20 Å². The fraction of sp³-hybridized carbons (Fsp3) is 0.375. The minimum Gasteiger partial charge on any atom is -0.506 e.